The van der Waals surface area contributed by atoms with Crippen molar-refractivity contribution >= 4 is 50.1 Å². The standard InChI is InChI=1S/3ClH.H3O3P.O.Sb/c;;;1-4(2)3;;/h3*1H;4H,(H2,1,2,3);;/q;;;;;+3/p-3. The van der Waals surface area contributed by atoms with E-state index in [1.165, 1.54) is 0 Å². The third kappa shape index (κ3) is 210. The Kier molecular flexibility index (Phi) is 9.35. The van der Waals surface area contributed by atoms with E-state index >= 15 is 0 Å². The molecular formula is H3Cl3O4PSb. The minimum absolute atomic E-state index is 3.13. The zero-order chi connectivity index (χ0) is 8.08. The fraction of sp³-hybridized carbons (Fsp3) is 0. The van der Waals surface area contributed by atoms with Gasteiger partial charge in [-0.2, -0.15) is 0 Å². The van der Waals surface area contributed by atoms with Gasteiger partial charge in [-0.3, -0.25) is 4.57 Å². The third-order valence-corrected chi connectivity index (χ3v) is 0. The molecule has 0 aliphatic heterocycles. The first-order chi connectivity index (χ1) is 3.73. The Labute approximate surface area is 67.1 Å². The van der Waals surface area contributed by atoms with Gasteiger partial charge in [0.2, 0.25) is 0 Å². The normalized spacial score (nSPS) is 10.4. The van der Waals surface area contributed by atoms with Gasteiger partial charge in [0, 0.05) is 0 Å². The van der Waals surface area contributed by atoms with Crippen LogP contribution in [0.25, 0.3) is 0 Å². The van der Waals surface area contributed by atoms with Crippen LogP contribution in [0.2, 0.25) is 0 Å². The van der Waals surface area contributed by atoms with Gasteiger partial charge in [0.15, 0.2) is 0 Å². The van der Waals surface area contributed by atoms with Crippen LogP contribution in [0.15, 0.2) is 0 Å². The van der Waals surface area contributed by atoms with Crippen molar-refractivity contribution in [2.45, 2.75) is 0 Å². The molecule has 0 amide bonds. The van der Waals surface area contributed by atoms with Crippen LogP contribution in [0, 0.1) is 0 Å². The maximum absolute atomic E-state index is 9.60. The molecule has 0 fully saturated rings. The molecule has 0 aliphatic rings. The van der Waals surface area contributed by atoms with E-state index in [0.29, 0.717) is 0 Å². The molecular weight excluding hydrogens is 323 g/mol. The van der Waals surface area contributed by atoms with E-state index in [0.717, 1.165) is 0 Å². The van der Waals surface area contributed by atoms with E-state index in [-0.39, 0.29) is 0 Å². The van der Waals surface area contributed by atoms with Crippen LogP contribution in [-0.4, -0.2) is 25.2 Å². The summed E-state index contributed by atoms with van der Waals surface area (Å²) in [6.07, 6.45) is 0. The van der Waals surface area contributed by atoms with Crippen LogP contribution in [-0.2, 0) is 7.58 Å². The Bertz CT molecular complexity index is 116. The minimum atomic E-state index is -3.93. The van der Waals surface area contributed by atoms with E-state index in [4.69, 9.17) is 40.8 Å². The number of hydrogen-bond donors (Lipinski definition) is 2. The van der Waals surface area contributed by atoms with Crippen molar-refractivity contribution in [1.82, 2.24) is 0 Å². The van der Waals surface area contributed by atoms with Gasteiger partial charge in [-0.25, -0.2) is 0 Å². The maximum atomic E-state index is 9.60. The molecule has 0 saturated carbocycles. The molecule has 4 nitrogen and oxygen atoms in total. The Balaban J connectivity index is 0. The molecule has 2 N–H and O–H groups in total. The van der Waals surface area contributed by atoms with Crippen LogP contribution >= 0.6 is 34.7 Å². The van der Waals surface area contributed by atoms with E-state index in [9.17, 15) is 3.02 Å². The second-order valence-corrected chi connectivity index (χ2v) is 16.6. The van der Waals surface area contributed by atoms with Gasteiger partial charge in [0.1, 0.15) is 0 Å². The molecule has 9 heavy (non-hydrogen) atoms. The van der Waals surface area contributed by atoms with Crippen molar-refractivity contribution in [3.8, 4) is 0 Å². The summed E-state index contributed by atoms with van der Waals surface area (Å²) in [6.45, 7) is 0. The first-order valence-electron chi connectivity index (χ1n) is 1.34. The fourth-order valence-corrected chi connectivity index (χ4v) is 0. The number of hydrogen-bond acceptors (Lipinski definition) is 2. The summed E-state index contributed by atoms with van der Waals surface area (Å²) < 4.78 is 18.3. The molecule has 0 radical (unpaired) electrons. The predicted molar refractivity (Wildman–Crippen MR) is 37.4 cm³/mol. The van der Waals surface area contributed by atoms with E-state index in [1.807, 2.05) is 0 Å². The second kappa shape index (κ2) is 6.35. The molecule has 0 atom stereocenters. The SMILES string of the molecule is O=[PH](O)O.[O]=[Sb]([Cl])([Cl])[Cl]. The van der Waals surface area contributed by atoms with Gasteiger partial charge in [0.25, 0.3) is 0 Å². The second-order valence-electron chi connectivity index (χ2n) is 0.681. The van der Waals surface area contributed by atoms with E-state index in [2.05, 4.69) is 0 Å². The van der Waals surface area contributed by atoms with E-state index in [1.54, 1.807) is 0 Å². The van der Waals surface area contributed by atoms with Crippen molar-refractivity contribution < 1.29 is 17.4 Å². The molecule has 0 aromatic heterocycles. The van der Waals surface area contributed by atoms with Crippen LogP contribution in [0.3, 0.4) is 0 Å². The van der Waals surface area contributed by atoms with Crippen molar-refractivity contribution in [2.75, 3.05) is 0 Å². The van der Waals surface area contributed by atoms with Crippen LogP contribution in [0.1, 0.15) is 0 Å². The van der Waals surface area contributed by atoms with Gasteiger partial charge < -0.3 is 9.79 Å². The van der Waals surface area contributed by atoms with Crippen LogP contribution in [0.5, 0.6) is 0 Å². The molecule has 0 bridgehead atoms. The first kappa shape index (κ1) is 13.2. The number of halogens is 3. The molecule has 0 rings (SSSR count). The average molecular weight is 326 g/mol. The molecule has 0 aliphatic carbocycles. The van der Waals surface area contributed by atoms with E-state index < -0.39 is 23.6 Å². The van der Waals surface area contributed by atoms with Crippen molar-refractivity contribution in [1.29, 1.82) is 0 Å². The summed E-state index contributed by atoms with van der Waals surface area (Å²) in [6, 6.07) is 0. The summed E-state index contributed by atoms with van der Waals surface area (Å²) in [4.78, 5) is 14.3. The van der Waals surface area contributed by atoms with Crippen LogP contribution in [0.4, 0.5) is 0 Å². The Hall–Kier alpha value is 1.64. The molecule has 0 aromatic carbocycles. The summed E-state index contributed by atoms with van der Waals surface area (Å²) in [5, 5.41) is 0. The Morgan fingerprint density at radius 3 is 1.22 bits per heavy atom. The Morgan fingerprint density at radius 2 is 1.22 bits per heavy atom. The average Bonchev–Trinajstić information content (AvgIpc) is 1.19. The van der Waals surface area contributed by atoms with Gasteiger partial charge in [-0.15, -0.1) is 0 Å². The van der Waals surface area contributed by atoms with Gasteiger partial charge in [-0.05, 0) is 0 Å². The molecule has 0 saturated heterocycles. The molecule has 0 spiro atoms. The van der Waals surface area contributed by atoms with Gasteiger partial charge in [0.05, 0.1) is 0 Å². The molecule has 0 unspecified atom stereocenters. The van der Waals surface area contributed by atoms with Crippen LogP contribution < -0.4 is 0 Å². The Morgan fingerprint density at radius 1 is 1.22 bits per heavy atom. The molecule has 0 heterocycles. The first-order valence-corrected chi connectivity index (χ1v) is 13.4. The number of rotatable bonds is 0. The molecule has 58 valence electrons. The summed E-state index contributed by atoms with van der Waals surface area (Å²) in [5.74, 6) is 0. The zero-order valence-corrected chi connectivity index (χ0v) is 9.61. The summed E-state index contributed by atoms with van der Waals surface area (Å²) >= 11 is -3.93. The third-order valence-electron chi connectivity index (χ3n) is 0. The fourth-order valence-electron chi connectivity index (χ4n) is 0. The predicted octanol–water partition coefficient (Wildman–Crippen LogP) is 0.930. The zero-order valence-electron chi connectivity index (χ0n) is 3.79. The topological polar surface area (TPSA) is 74.6 Å². The summed E-state index contributed by atoms with van der Waals surface area (Å²) in [7, 11) is 11.0. The molecule has 9 heteroatoms. The monoisotopic (exact) mass is 324 g/mol. The molecule has 0 aromatic rings. The van der Waals surface area contributed by atoms with Gasteiger partial charge >= 0.3 is 53.1 Å². The summed E-state index contributed by atoms with van der Waals surface area (Å²) in [5.41, 5.74) is 0. The quantitative estimate of drug-likeness (QED) is 0.513. The van der Waals surface area contributed by atoms with Crippen molar-refractivity contribution in [2.24, 2.45) is 0 Å². The van der Waals surface area contributed by atoms with Crippen molar-refractivity contribution in [3.05, 3.63) is 0 Å². The van der Waals surface area contributed by atoms with Crippen molar-refractivity contribution in [3.63, 3.8) is 0 Å². The van der Waals surface area contributed by atoms with Gasteiger partial charge in [-0.1, -0.05) is 0 Å².